The lowest BCUT2D eigenvalue weighted by molar-refractivity contribution is -0.131. The van der Waals surface area contributed by atoms with Crippen molar-refractivity contribution < 1.29 is 9.90 Å². The zero-order valence-electron chi connectivity index (χ0n) is 7.95. The second-order valence-electron chi connectivity index (χ2n) is 2.99. The standard InChI is InChI=1S/C9H17NO2/c1-4-6-10(8(2)3)7-5-9(11)12/h5,7-8H,4,6H2,1-3H3,(H,11,12). The molecular formula is C9H17NO2. The molecule has 0 radical (unpaired) electrons. The topological polar surface area (TPSA) is 40.5 Å². The summed E-state index contributed by atoms with van der Waals surface area (Å²) in [7, 11) is 0. The van der Waals surface area contributed by atoms with Crippen LogP contribution in [0.4, 0.5) is 0 Å². The summed E-state index contributed by atoms with van der Waals surface area (Å²) in [6.07, 6.45) is 3.84. The molecule has 0 bridgehead atoms. The van der Waals surface area contributed by atoms with E-state index in [1.165, 1.54) is 6.08 Å². The Bertz CT molecular complexity index is 164. The van der Waals surface area contributed by atoms with E-state index in [-0.39, 0.29) is 0 Å². The lowest BCUT2D eigenvalue weighted by atomic mass is 10.3. The first-order valence-corrected chi connectivity index (χ1v) is 4.24. The Morgan fingerprint density at radius 3 is 2.50 bits per heavy atom. The summed E-state index contributed by atoms with van der Waals surface area (Å²) in [5.74, 6) is -0.892. The van der Waals surface area contributed by atoms with Gasteiger partial charge in [-0.1, -0.05) is 6.92 Å². The van der Waals surface area contributed by atoms with E-state index in [9.17, 15) is 4.79 Å². The van der Waals surface area contributed by atoms with Crippen LogP contribution in [-0.4, -0.2) is 28.6 Å². The average molecular weight is 171 g/mol. The largest absolute Gasteiger partial charge is 0.478 e. The minimum absolute atomic E-state index is 0.362. The number of carbonyl (C=O) groups is 1. The summed E-state index contributed by atoms with van der Waals surface area (Å²) >= 11 is 0. The van der Waals surface area contributed by atoms with Crippen LogP contribution < -0.4 is 0 Å². The van der Waals surface area contributed by atoms with Gasteiger partial charge in [0.05, 0.1) is 0 Å². The van der Waals surface area contributed by atoms with Gasteiger partial charge in [0.25, 0.3) is 0 Å². The molecule has 0 heterocycles. The van der Waals surface area contributed by atoms with Gasteiger partial charge in [-0.25, -0.2) is 4.79 Å². The van der Waals surface area contributed by atoms with Crippen molar-refractivity contribution in [1.82, 2.24) is 4.90 Å². The van der Waals surface area contributed by atoms with Crippen molar-refractivity contribution in [2.45, 2.75) is 33.2 Å². The molecule has 1 N–H and O–H groups in total. The highest BCUT2D eigenvalue weighted by Gasteiger charge is 2.02. The van der Waals surface area contributed by atoms with Gasteiger partial charge in [-0.2, -0.15) is 0 Å². The molecule has 0 aliphatic heterocycles. The van der Waals surface area contributed by atoms with Crippen molar-refractivity contribution >= 4 is 5.97 Å². The van der Waals surface area contributed by atoms with Gasteiger partial charge in [-0.3, -0.25) is 0 Å². The number of nitrogens with zero attached hydrogens (tertiary/aromatic N) is 1. The molecule has 0 aromatic rings. The molecule has 0 rings (SSSR count). The number of hydrogen-bond acceptors (Lipinski definition) is 2. The number of carboxylic acid groups (broad SMARTS) is 1. The molecule has 0 saturated heterocycles. The molecule has 0 aromatic carbocycles. The van der Waals surface area contributed by atoms with Crippen LogP contribution in [0.1, 0.15) is 27.2 Å². The Kier molecular flexibility index (Phi) is 5.17. The zero-order valence-corrected chi connectivity index (χ0v) is 7.95. The minimum Gasteiger partial charge on any atom is -0.478 e. The van der Waals surface area contributed by atoms with Crippen LogP contribution in [0.5, 0.6) is 0 Å². The molecule has 0 atom stereocenters. The summed E-state index contributed by atoms with van der Waals surface area (Å²) in [5, 5.41) is 8.40. The lowest BCUT2D eigenvalue weighted by Gasteiger charge is -2.23. The van der Waals surface area contributed by atoms with E-state index in [1.807, 2.05) is 18.7 Å². The van der Waals surface area contributed by atoms with E-state index in [0.717, 1.165) is 13.0 Å². The van der Waals surface area contributed by atoms with Crippen molar-refractivity contribution in [3.63, 3.8) is 0 Å². The Hall–Kier alpha value is -0.990. The van der Waals surface area contributed by atoms with Crippen LogP contribution in [0.3, 0.4) is 0 Å². The monoisotopic (exact) mass is 171 g/mol. The molecule has 0 fully saturated rings. The Labute approximate surface area is 73.7 Å². The minimum atomic E-state index is -0.892. The van der Waals surface area contributed by atoms with Crippen molar-refractivity contribution in [3.05, 3.63) is 12.3 Å². The molecule has 3 heteroatoms. The molecule has 3 nitrogen and oxygen atoms in total. The van der Waals surface area contributed by atoms with Gasteiger partial charge in [0.1, 0.15) is 0 Å². The van der Waals surface area contributed by atoms with Crippen molar-refractivity contribution in [3.8, 4) is 0 Å². The third kappa shape index (κ3) is 4.77. The molecule has 12 heavy (non-hydrogen) atoms. The summed E-state index contributed by atoms with van der Waals surface area (Å²) in [6, 6.07) is 0.362. The first-order valence-electron chi connectivity index (χ1n) is 4.24. The van der Waals surface area contributed by atoms with Gasteiger partial charge in [-0.15, -0.1) is 0 Å². The fourth-order valence-corrected chi connectivity index (χ4v) is 0.923. The maximum atomic E-state index is 10.2. The molecule has 0 spiro atoms. The van der Waals surface area contributed by atoms with E-state index < -0.39 is 5.97 Å². The molecular weight excluding hydrogens is 154 g/mol. The maximum absolute atomic E-state index is 10.2. The van der Waals surface area contributed by atoms with Crippen LogP contribution >= 0.6 is 0 Å². The molecule has 0 saturated carbocycles. The SMILES string of the molecule is CCCN(C=CC(=O)O)C(C)C. The van der Waals surface area contributed by atoms with Crippen molar-refractivity contribution in [2.75, 3.05) is 6.54 Å². The second kappa shape index (κ2) is 5.63. The molecule has 70 valence electrons. The second-order valence-corrected chi connectivity index (χ2v) is 2.99. The highest BCUT2D eigenvalue weighted by molar-refractivity contribution is 5.79. The first-order chi connectivity index (χ1) is 5.57. The summed E-state index contributed by atoms with van der Waals surface area (Å²) in [5.41, 5.74) is 0. The third-order valence-corrected chi connectivity index (χ3v) is 1.55. The predicted octanol–water partition coefficient (Wildman–Crippen LogP) is 1.71. The van der Waals surface area contributed by atoms with E-state index in [4.69, 9.17) is 5.11 Å². The highest BCUT2D eigenvalue weighted by Crippen LogP contribution is 1.99. The first kappa shape index (κ1) is 11.0. The molecule has 0 unspecified atom stereocenters. The van der Waals surface area contributed by atoms with Crippen molar-refractivity contribution in [2.24, 2.45) is 0 Å². The Balaban J connectivity index is 4.03. The average Bonchev–Trinajstić information content (AvgIpc) is 1.96. The fourth-order valence-electron chi connectivity index (χ4n) is 0.923. The van der Waals surface area contributed by atoms with Crippen LogP contribution in [0.25, 0.3) is 0 Å². The summed E-state index contributed by atoms with van der Waals surface area (Å²) < 4.78 is 0. The quantitative estimate of drug-likeness (QED) is 0.640. The maximum Gasteiger partial charge on any atom is 0.329 e. The smallest absolute Gasteiger partial charge is 0.329 e. The Morgan fingerprint density at radius 2 is 2.17 bits per heavy atom. The van der Waals surface area contributed by atoms with Gasteiger partial charge < -0.3 is 10.0 Å². The van der Waals surface area contributed by atoms with Gasteiger partial charge in [0.2, 0.25) is 0 Å². The van der Waals surface area contributed by atoms with E-state index in [2.05, 4.69) is 6.92 Å². The number of hydrogen-bond donors (Lipinski definition) is 1. The van der Waals surface area contributed by atoms with E-state index in [0.29, 0.717) is 6.04 Å². The molecule has 0 aliphatic rings. The predicted molar refractivity (Wildman–Crippen MR) is 48.9 cm³/mol. The van der Waals surface area contributed by atoms with Gasteiger partial charge in [0, 0.05) is 24.9 Å². The van der Waals surface area contributed by atoms with Crippen LogP contribution in [0, 0.1) is 0 Å². The number of rotatable bonds is 5. The lowest BCUT2D eigenvalue weighted by Crippen LogP contribution is -2.26. The van der Waals surface area contributed by atoms with Gasteiger partial charge in [-0.05, 0) is 20.3 Å². The zero-order chi connectivity index (χ0) is 9.56. The highest BCUT2D eigenvalue weighted by atomic mass is 16.4. The summed E-state index contributed by atoms with van der Waals surface area (Å²) in [4.78, 5) is 12.2. The number of carboxylic acids is 1. The van der Waals surface area contributed by atoms with Gasteiger partial charge >= 0.3 is 5.97 Å². The molecule has 0 aromatic heterocycles. The number of aliphatic carboxylic acids is 1. The Morgan fingerprint density at radius 1 is 1.58 bits per heavy atom. The van der Waals surface area contributed by atoms with E-state index in [1.54, 1.807) is 6.20 Å². The normalized spacial score (nSPS) is 11.0. The van der Waals surface area contributed by atoms with E-state index >= 15 is 0 Å². The van der Waals surface area contributed by atoms with Crippen LogP contribution in [0.15, 0.2) is 12.3 Å². The summed E-state index contributed by atoms with van der Waals surface area (Å²) in [6.45, 7) is 7.06. The van der Waals surface area contributed by atoms with Crippen LogP contribution in [-0.2, 0) is 4.79 Å². The molecule has 0 amide bonds. The molecule has 0 aliphatic carbocycles. The fraction of sp³-hybridized carbons (Fsp3) is 0.667. The van der Waals surface area contributed by atoms with Crippen LogP contribution in [0.2, 0.25) is 0 Å². The van der Waals surface area contributed by atoms with Gasteiger partial charge in [0.15, 0.2) is 0 Å². The third-order valence-electron chi connectivity index (χ3n) is 1.55. The van der Waals surface area contributed by atoms with Crippen molar-refractivity contribution in [1.29, 1.82) is 0 Å².